The molecule has 0 radical (unpaired) electrons. The molecule has 0 aliphatic carbocycles. The molecule has 2 heterocycles. The topological polar surface area (TPSA) is 63.2 Å². The van der Waals surface area contributed by atoms with Gasteiger partial charge in [-0.1, -0.05) is 60.7 Å². The highest BCUT2D eigenvalue weighted by atomic mass is 32.1. The number of benzene rings is 3. The number of amides is 1. The van der Waals surface area contributed by atoms with Crippen LogP contribution in [0.1, 0.15) is 5.56 Å². The molecule has 2 aromatic heterocycles. The van der Waals surface area contributed by atoms with E-state index in [9.17, 15) is 9.18 Å². The van der Waals surface area contributed by atoms with Crippen LogP contribution >= 0.6 is 23.6 Å². The minimum absolute atomic E-state index is 0.0711. The number of anilines is 1. The number of aromatic nitrogens is 1. The Labute approximate surface area is 216 Å². The molecule has 178 valence electrons. The highest BCUT2D eigenvalue weighted by Crippen LogP contribution is 2.39. The summed E-state index contributed by atoms with van der Waals surface area (Å²) in [5.41, 5.74) is 3.14. The molecule has 5 aromatic rings. The van der Waals surface area contributed by atoms with Crippen LogP contribution in [0.5, 0.6) is 11.5 Å². The molecule has 1 amide bonds. The number of nitrogens with one attached hydrogen (secondary N) is 2. The van der Waals surface area contributed by atoms with E-state index in [4.69, 9.17) is 17.0 Å². The summed E-state index contributed by atoms with van der Waals surface area (Å²) in [6, 6.07) is 27.5. The van der Waals surface area contributed by atoms with E-state index in [1.54, 1.807) is 29.7 Å². The lowest BCUT2D eigenvalue weighted by Crippen LogP contribution is -2.35. The molecule has 0 unspecified atom stereocenters. The molecule has 0 bridgehead atoms. The van der Waals surface area contributed by atoms with Crippen molar-refractivity contribution in [3.8, 4) is 21.9 Å². The number of hydrogen-bond donors (Lipinski definition) is 2. The first-order chi connectivity index (χ1) is 17.5. The molecule has 0 aliphatic rings. The Bertz CT molecular complexity index is 1540. The van der Waals surface area contributed by atoms with Crippen molar-refractivity contribution < 1.29 is 13.9 Å². The zero-order valence-electron chi connectivity index (χ0n) is 18.9. The predicted molar refractivity (Wildman–Crippen MR) is 146 cm³/mol. The molecule has 36 heavy (non-hydrogen) atoms. The largest absolute Gasteiger partial charge is 0.453 e. The number of fused-ring (bicyclic) bond motifs is 1. The van der Waals surface area contributed by atoms with Gasteiger partial charge in [0.15, 0.2) is 16.7 Å². The average molecular weight is 514 g/mol. The Morgan fingerprint density at radius 3 is 2.44 bits per heavy atom. The van der Waals surface area contributed by atoms with Crippen molar-refractivity contribution in [3.63, 3.8) is 0 Å². The van der Waals surface area contributed by atoms with E-state index in [-0.39, 0.29) is 23.2 Å². The van der Waals surface area contributed by atoms with Gasteiger partial charge in [0, 0.05) is 28.9 Å². The molecular weight excluding hydrogens is 493 g/mol. The van der Waals surface area contributed by atoms with Crippen molar-refractivity contribution in [2.75, 3.05) is 5.32 Å². The van der Waals surface area contributed by atoms with Gasteiger partial charge in [0.1, 0.15) is 5.75 Å². The fourth-order valence-corrected chi connectivity index (χ4v) is 4.94. The fraction of sp³-hybridized carbons (Fsp3) is 0.0357. The monoisotopic (exact) mass is 513 g/mol. The average Bonchev–Trinajstić information content (AvgIpc) is 3.32. The molecule has 3 aromatic carbocycles. The molecule has 0 aliphatic heterocycles. The Hall–Kier alpha value is -4.14. The smallest absolute Gasteiger partial charge is 0.230 e. The van der Waals surface area contributed by atoms with E-state index in [2.05, 4.69) is 15.6 Å². The second-order valence-electron chi connectivity index (χ2n) is 7.91. The maximum Gasteiger partial charge on any atom is 0.230 e. The Balaban J connectivity index is 1.27. The third-order valence-corrected chi connectivity index (χ3v) is 6.70. The first kappa shape index (κ1) is 23.6. The van der Waals surface area contributed by atoms with Gasteiger partial charge >= 0.3 is 0 Å². The van der Waals surface area contributed by atoms with Gasteiger partial charge in [0.2, 0.25) is 5.91 Å². The number of thiophene rings is 1. The summed E-state index contributed by atoms with van der Waals surface area (Å²) in [6.07, 6.45) is 1.84. The van der Waals surface area contributed by atoms with Crippen LogP contribution in [-0.2, 0) is 11.2 Å². The van der Waals surface area contributed by atoms with E-state index in [1.165, 1.54) is 12.1 Å². The van der Waals surface area contributed by atoms with Gasteiger partial charge in [-0.25, -0.2) is 4.39 Å². The minimum Gasteiger partial charge on any atom is -0.453 e. The quantitative estimate of drug-likeness (QED) is 0.241. The van der Waals surface area contributed by atoms with Gasteiger partial charge in [-0.3, -0.25) is 9.78 Å². The van der Waals surface area contributed by atoms with Gasteiger partial charge < -0.3 is 15.4 Å². The highest BCUT2D eigenvalue weighted by Gasteiger charge is 2.14. The number of hydrogen-bond acceptors (Lipinski definition) is 5. The molecule has 0 atom stereocenters. The van der Waals surface area contributed by atoms with E-state index >= 15 is 0 Å². The number of nitrogens with zero attached hydrogens (tertiary/aromatic N) is 1. The van der Waals surface area contributed by atoms with Crippen molar-refractivity contribution in [3.05, 3.63) is 109 Å². The highest BCUT2D eigenvalue weighted by molar-refractivity contribution is 7.80. The molecule has 5 nitrogen and oxygen atoms in total. The fourth-order valence-electron chi connectivity index (χ4n) is 3.63. The number of thiocarbonyl (C=S) groups is 1. The molecule has 2 N–H and O–H groups in total. The van der Waals surface area contributed by atoms with Crippen molar-refractivity contribution in [2.24, 2.45) is 0 Å². The van der Waals surface area contributed by atoms with E-state index in [0.29, 0.717) is 11.4 Å². The summed E-state index contributed by atoms with van der Waals surface area (Å²) in [6.45, 7) is 0. The lowest BCUT2D eigenvalue weighted by Gasteiger charge is -2.12. The van der Waals surface area contributed by atoms with E-state index in [0.717, 1.165) is 26.2 Å². The van der Waals surface area contributed by atoms with Gasteiger partial charge in [0.25, 0.3) is 0 Å². The summed E-state index contributed by atoms with van der Waals surface area (Å²) in [5.74, 6) is -0.230. The second-order valence-corrected chi connectivity index (χ2v) is 9.37. The number of pyridine rings is 1. The molecule has 8 heteroatoms. The Morgan fingerprint density at radius 1 is 0.944 bits per heavy atom. The first-order valence-corrected chi connectivity index (χ1v) is 12.3. The molecule has 0 spiro atoms. The molecule has 0 fully saturated rings. The summed E-state index contributed by atoms with van der Waals surface area (Å²) in [5, 5.41) is 5.54. The molecule has 0 saturated heterocycles. The lowest BCUT2D eigenvalue weighted by molar-refractivity contribution is -0.119. The van der Waals surface area contributed by atoms with Crippen LogP contribution in [0.25, 0.3) is 20.7 Å². The van der Waals surface area contributed by atoms with Crippen LogP contribution in [-0.4, -0.2) is 16.0 Å². The van der Waals surface area contributed by atoms with Crippen molar-refractivity contribution in [2.45, 2.75) is 6.42 Å². The van der Waals surface area contributed by atoms with Crippen molar-refractivity contribution >= 4 is 50.5 Å². The summed E-state index contributed by atoms with van der Waals surface area (Å²) in [4.78, 5) is 17.7. The first-order valence-electron chi connectivity index (χ1n) is 11.1. The molecule has 0 saturated carbocycles. The third-order valence-electron chi connectivity index (χ3n) is 5.30. The maximum absolute atomic E-state index is 14.9. The number of halogens is 1. The standard InChI is InChI=1S/C28H20FN3O2S2/c29-21-16-20(31-28(35)32-26(33)15-18-7-3-1-4-8-18)11-12-23(21)34-24-13-14-30-22-17-25(36-27(22)24)19-9-5-2-6-10-19/h1-14,16-17H,15H2,(H2,31,32,33,35). The van der Waals surface area contributed by atoms with Crippen LogP contribution in [0.2, 0.25) is 0 Å². The van der Waals surface area contributed by atoms with Gasteiger partial charge in [-0.15, -0.1) is 11.3 Å². The summed E-state index contributed by atoms with van der Waals surface area (Å²) < 4.78 is 21.7. The predicted octanol–water partition coefficient (Wildman–Crippen LogP) is 6.95. The van der Waals surface area contributed by atoms with E-state index in [1.807, 2.05) is 66.7 Å². The number of ether oxygens (including phenoxy) is 1. The van der Waals surface area contributed by atoms with Gasteiger partial charge in [0.05, 0.1) is 16.6 Å². The van der Waals surface area contributed by atoms with Crippen molar-refractivity contribution in [1.82, 2.24) is 10.3 Å². The normalized spacial score (nSPS) is 10.7. The molecule has 5 rings (SSSR count). The maximum atomic E-state index is 14.9. The number of carbonyl (C=O) groups is 1. The van der Waals surface area contributed by atoms with Crippen LogP contribution in [0.3, 0.4) is 0 Å². The Morgan fingerprint density at radius 2 is 1.69 bits per heavy atom. The van der Waals surface area contributed by atoms with E-state index < -0.39 is 5.82 Å². The van der Waals surface area contributed by atoms with Gasteiger partial charge in [-0.05, 0) is 41.5 Å². The minimum atomic E-state index is -0.566. The van der Waals surface area contributed by atoms with Crippen LogP contribution in [0, 0.1) is 5.82 Å². The summed E-state index contributed by atoms with van der Waals surface area (Å²) in [7, 11) is 0. The number of rotatable bonds is 6. The number of carbonyl (C=O) groups excluding carboxylic acids is 1. The molecular formula is C28H20FN3O2S2. The third kappa shape index (κ3) is 5.56. The zero-order chi connectivity index (χ0) is 24.9. The zero-order valence-corrected chi connectivity index (χ0v) is 20.5. The second kappa shape index (κ2) is 10.6. The Kier molecular flexibility index (Phi) is 6.97. The van der Waals surface area contributed by atoms with Crippen LogP contribution in [0.15, 0.2) is 97.2 Å². The van der Waals surface area contributed by atoms with Crippen LogP contribution in [0.4, 0.5) is 10.1 Å². The van der Waals surface area contributed by atoms with Gasteiger partial charge in [-0.2, -0.15) is 0 Å². The summed E-state index contributed by atoms with van der Waals surface area (Å²) >= 11 is 6.74. The van der Waals surface area contributed by atoms with Crippen molar-refractivity contribution in [1.29, 1.82) is 0 Å². The lowest BCUT2D eigenvalue weighted by atomic mass is 10.1. The van der Waals surface area contributed by atoms with Crippen LogP contribution < -0.4 is 15.4 Å². The SMILES string of the molecule is O=C(Cc1ccccc1)NC(=S)Nc1ccc(Oc2ccnc3cc(-c4ccccc4)sc23)c(F)c1.